The Morgan fingerprint density at radius 3 is 2.78 bits per heavy atom. The van der Waals surface area contributed by atoms with Gasteiger partial charge < -0.3 is 5.32 Å². The SMILES string of the molecule is CCCn1nccc1C(=O)C1(CC)CCNCC1. The van der Waals surface area contributed by atoms with Crippen molar-refractivity contribution < 1.29 is 4.79 Å². The van der Waals surface area contributed by atoms with E-state index in [1.807, 2.05) is 10.7 Å². The highest BCUT2D eigenvalue weighted by Gasteiger charge is 2.39. The summed E-state index contributed by atoms with van der Waals surface area (Å²) in [5.74, 6) is 0.289. The van der Waals surface area contributed by atoms with Crippen LogP contribution in [-0.2, 0) is 6.54 Å². The Hall–Kier alpha value is -1.16. The molecule has 2 rings (SSSR count). The summed E-state index contributed by atoms with van der Waals surface area (Å²) in [6, 6.07) is 1.87. The lowest BCUT2D eigenvalue weighted by atomic mass is 9.72. The molecule has 100 valence electrons. The smallest absolute Gasteiger partial charge is 0.187 e. The van der Waals surface area contributed by atoms with E-state index in [9.17, 15) is 4.79 Å². The van der Waals surface area contributed by atoms with Crippen LogP contribution in [0, 0.1) is 5.41 Å². The summed E-state index contributed by atoms with van der Waals surface area (Å²) < 4.78 is 1.86. The topological polar surface area (TPSA) is 46.9 Å². The second kappa shape index (κ2) is 5.65. The minimum atomic E-state index is -0.170. The van der Waals surface area contributed by atoms with Gasteiger partial charge in [-0.3, -0.25) is 9.48 Å². The summed E-state index contributed by atoms with van der Waals surface area (Å²) in [6.07, 6.45) is 5.56. The lowest BCUT2D eigenvalue weighted by Gasteiger charge is -2.35. The molecular formula is C14H23N3O. The van der Waals surface area contributed by atoms with E-state index in [1.54, 1.807) is 6.20 Å². The molecule has 0 bridgehead atoms. The summed E-state index contributed by atoms with van der Waals surface area (Å²) >= 11 is 0. The average molecular weight is 249 g/mol. The normalized spacial score (nSPS) is 18.8. The Bertz CT molecular complexity index is 405. The molecule has 1 aromatic rings. The average Bonchev–Trinajstić information content (AvgIpc) is 2.87. The number of nitrogens with one attached hydrogen (secondary N) is 1. The van der Waals surface area contributed by atoms with Gasteiger partial charge in [-0.25, -0.2) is 0 Å². The first-order valence-corrected chi connectivity index (χ1v) is 7.01. The summed E-state index contributed by atoms with van der Waals surface area (Å²) in [5, 5.41) is 7.61. The van der Waals surface area contributed by atoms with Crippen LogP contribution >= 0.6 is 0 Å². The number of aryl methyl sites for hydroxylation is 1. The maximum Gasteiger partial charge on any atom is 0.187 e. The van der Waals surface area contributed by atoms with E-state index in [2.05, 4.69) is 24.3 Å². The minimum Gasteiger partial charge on any atom is -0.317 e. The lowest BCUT2D eigenvalue weighted by Crippen LogP contribution is -2.42. The molecule has 2 heterocycles. The van der Waals surface area contributed by atoms with Gasteiger partial charge in [-0.1, -0.05) is 13.8 Å². The fraction of sp³-hybridized carbons (Fsp3) is 0.714. The second-order valence-corrected chi connectivity index (χ2v) is 5.15. The number of ketones is 1. The predicted molar refractivity (Wildman–Crippen MR) is 71.7 cm³/mol. The maximum absolute atomic E-state index is 12.8. The van der Waals surface area contributed by atoms with E-state index in [1.165, 1.54) is 0 Å². The third-order valence-corrected chi connectivity index (χ3v) is 4.10. The molecule has 0 atom stereocenters. The molecule has 4 nitrogen and oxygen atoms in total. The van der Waals surface area contributed by atoms with Crippen molar-refractivity contribution in [1.29, 1.82) is 0 Å². The highest BCUT2D eigenvalue weighted by Crippen LogP contribution is 2.36. The van der Waals surface area contributed by atoms with Crippen molar-refractivity contribution in [2.24, 2.45) is 5.41 Å². The van der Waals surface area contributed by atoms with Crippen molar-refractivity contribution in [2.75, 3.05) is 13.1 Å². The number of hydrogen-bond acceptors (Lipinski definition) is 3. The summed E-state index contributed by atoms with van der Waals surface area (Å²) in [4.78, 5) is 12.8. The zero-order valence-corrected chi connectivity index (χ0v) is 11.4. The highest BCUT2D eigenvalue weighted by molar-refractivity contribution is 5.99. The van der Waals surface area contributed by atoms with Crippen LogP contribution in [0.1, 0.15) is 50.0 Å². The van der Waals surface area contributed by atoms with Gasteiger partial charge in [0.2, 0.25) is 0 Å². The largest absolute Gasteiger partial charge is 0.317 e. The summed E-state index contributed by atoms with van der Waals surface area (Å²) in [6.45, 7) is 6.95. The molecule has 0 saturated carbocycles. The third-order valence-electron chi connectivity index (χ3n) is 4.10. The van der Waals surface area contributed by atoms with Crippen LogP contribution in [0.3, 0.4) is 0 Å². The quantitative estimate of drug-likeness (QED) is 0.814. The molecule has 1 N–H and O–H groups in total. The predicted octanol–water partition coefficient (Wildman–Crippen LogP) is 2.26. The minimum absolute atomic E-state index is 0.170. The van der Waals surface area contributed by atoms with Crippen LogP contribution in [0.15, 0.2) is 12.3 Å². The molecular weight excluding hydrogens is 226 g/mol. The number of carbonyl (C=O) groups is 1. The van der Waals surface area contributed by atoms with Crippen molar-refractivity contribution in [3.05, 3.63) is 18.0 Å². The van der Waals surface area contributed by atoms with Crippen LogP contribution in [0.25, 0.3) is 0 Å². The Kier molecular flexibility index (Phi) is 4.17. The Balaban J connectivity index is 2.25. The van der Waals surface area contributed by atoms with Crippen LogP contribution in [0.4, 0.5) is 0 Å². The highest BCUT2D eigenvalue weighted by atomic mass is 16.1. The van der Waals surface area contributed by atoms with E-state index in [-0.39, 0.29) is 11.2 Å². The van der Waals surface area contributed by atoms with Gasteiger partial charge in [-0.2, -0.15) is 5.10 Å². The van der Waals surface area contributed by atoms with Crippen molar-refractivity contribution in [1.82, 2.24) is 15.1 Å². The molecule has 1 aliphatic rings. The Morgan fingerprint density at radius 1 is 1.44 bits per heavy atom. The molecule has 0 unspecified atom stereocenters. The van der Waals surface area contributed by atoms with Crippen LogP contribution < -0.4 is 5.32 Å². The number of hydrogen-bond donors (Lipinski definition) is 1. The molecule has 4 heteroatoms. The Morgan fingerprint density at radius 2 is 2.17 bits per heavy atom. The molecule has 18 heavy (non-hydrogen) atoms. The number of carbonyl (C=O) groups excluding carboxylic acids is 1. The molecule has 0 radical (unpaired) electrons. The van der Waals surface area contributed by atoms with Gasteiger partial charge in [0, 0.05) is 18.2 Å². The molecule has 1 saturated heterocycles. The number of aromatic nitrogens is 2. The summed E-state index contributed by atoms with van der Waals surface area (Å²) in [7, 11) is 0. The number of nitrogens with zero attached hydrogens (tertiary/aromatic N) is 2. The van der Waals surface area contributed by atoms with Crippen LogP contribution in [0.2, 0.25) is 0 Å². The van der Waals surface area contributed by atoms with Gasteiger partial charge in [0.1, 0.15) is 5.69 Å². The van der Waals surface area contributed by atoms with Crippen molar-refractivity contribution in [3.63, 3.8) is 0 Å². The van der Waals surface area contributed by atoms with Gasteiger partial charge in [-0.05, 0) is 44.8 Å². The number of Topliss-reactive ketones (excluding diaryl/α,β-unsaturated/α-hetero) is 1. The second-order valence-electron chi connectivity index (χ2n) is 5.15. The number of piperidine rings is 1. The monoisotopic (exact) mass is 249 g/mol. The third kappa shape index (κ3) is 2.34. The molecule has 1 aromatic heterocycles. The molecule has 0 spiro atoms. The fourth-order valence-corrected chi connectivity index (χ4v) is 2.83. The molecule has 1 fully saturated rings. The van der Waals surface area contributed by atoms with E-state index in [4.69, 9.17) is 0 Å². The molecule has 0 amide bonds. The van der Waals surface area contributed by atoms with E-state index in [0.29, 0.717) is 0 Å². The Labute approximate surface area is 109 Å². The lowest BCUT2D eigenvalue weighted by molar-refractivity contribution is 0.0705. The van der Waals surface area contributed by atoms with Gasteiger partial charge in [0.15, 0.2) is 5.78 Å². The van der Waals surface area contributed by atoms with Gasteiger partial charge in [-0.15, -0.1) is 0 Å². The van der Waals surface area contributed by atoms with Gasteiger partial charge in [0.05, 0.1) is 0 Å². The zero-order valence-electron chi connectivity index (χ0n) is 11.4. The van der Waals surface area contributed by atoms with Gasteiger partial charge in [0.25, 0.3) is 0 Å². The van der Waals surface area contributed by atoms with Crippen LogP contribution in [-0.4, -0.2) is 28.7 Å². The van der Waals surface area contributed by atoms with Crippen molar-refractivity contribution in [3.8, 4) is 0 Å². The van der Waals surface area contributed by atoms with Crippen molar-refractivity contribution in [2.45, 2.75) is 46.1 Å². The standard InChI is InChI=1S/C14H23N3O/c1-3-11-17-12(5-8-16-17)13(18)14(4-2)6-9-15-10-7-14/h5,8,15H,3-4,6-7,9-11H2,1-2H3. The molecule has 0 aliphatic carbocycles. The van der Waals surface area contributed by atoms with Crippen LogP contribution in [0.5, 0.6) is 0 Å². The molecule has 0 aromatic carbocycles. The van der Waals surface area contributed by atoms with Gasteiger partial charge >= 0.3 is 0 Å². The van der Waals surface area contributed by atoms with E-state index >= 15 is 0 Å². The van der Waals surface area contributed by atoms with E-state index < -0.39 is 0 Å². The first-order valence-electron chi connectivity index (χ1n) is 7.01. The number of rotatable bonds is 5. The summed E-state index contributed by atoms with van der Waals surface area (Å²) in [5.41, 5.74) is 0.622. The zero-order chi connectivity index (χ0) is 13.0. The molecule has 1 aliphatic heterocycles. The maximum atomic E-state index is 12.8. The van der Waals surface area contributed by atoms with E-state index in [0.717, 1.165) is 51.0 Å². The first kappa shape index (κ1) is 13.3. The first-order chi connectivity index (χ1) is 8.73. The fourth-order valence-electron chi connectivity index (χ4n) is 2.83. The van der Waals surface area contributed by atoms with Crippen molar-refractivity contribution >= 4 is 5.78 Å².